The highest BCUT2D eigenvalue weighted by Crippen LogP contribution is 2.32. The van der Waals surface area contributed by atoms with Crippen LogP contribution in [0.15, 0.2) is 36.4 Å². The second kappa shape index (κ2) is 7.60. The molecule has 1 aromatic heterocycles. The molecule has 0 bridgehead atoms. The van der Waals surface area contributed by atoms with Gasteiger partial charge in [-0.3, -0.25) is 4.79 Å². The minimum Gasteiger partial charge on any atom is -0.494 e. The van der Waals surface area contributed by atoms with Crippen molar-refractivity contribution in [2.75, 3.05) is 11.9 Å². The monoisotopic (exact) mass is 390 g/mol. The van der Waals surface area contributed by atoms with Crippen molar-refractivity contribution in [2.24, 2.45) is 0 Å². The zero-order valence-electron chi connectivity index (χ0n) is 14.9. The van der Waals surface area contributed by atoms with Gasteiger partial charge in [0, 0.05) is 17.4 Å². The number of nitrogens with zero attached hydrogens (tertiary/aromatic N) is 1. The minimum atomic E-state index is -0.220. The van der Waals surface area contributed by atoms with Gasteiger partial charge in [0.2, 0.25) is 0 Å². The van der Waals surface area contributed by atoms with E-state index in [1.807, 2.05) is 43.5 Å². The van der Waals surface area contributed by atoms with Gasteiger partial charge in [-0.1, -0.05) is 29.3 Å². The Kier molecular flexibility index (Phi) is 5.44. The van der Waals surface area contributed by atoms with Crippen LogP contribution in [0.5, 0.6) is 5.75 Å². The molecule has 4 nitrogen and oxygen atoms in total. The smallest absolute Gasteiger partial charge is 0.272 e. The van der Waals surface area contributed by atoms with Crippen molar-refractivity contribution in [3.63, 3.8) is 0 Å². The number of hydrogen-bond acceptors (Lipinski definition) is 2. The third kappa shape index (κ3) is 3.27. The van der Waals surface area contributed by atoms with Gasteiger partial charge in [-0.05, 0) is 56.7 Å². The first-order chi connectivity index (χ1) is 12.5. The molecule has 0 aliphatic carbocycles. The van der Waals surface area contributed by atoms with Gasteiger partial charge in [0.05, 0.1) is 22.3 Å². The predicted octanol–water partition coefficient (Wildman–Crippen LogP) is 5.93. The number of aryl methyl sites for hydroxylation is 2. The summed E-state index contributed by atoms with van der Waals surface area (Å²) in [5.41, 5.74) is 2.99. The minimum absolute atomic E-state index is 0.220. The fraction of sp³-hybridized carbons (Fsp3) is 0.250. The Hall–Kier alpha value is -2.17. The quantitative estimate of drug-likeness (QED) is 0.586. The standard InChI is InChI=1S/C20H20Cl2N2O2/c1-4-24-17-10-9-13(26-5-2)11-14(17)12(3)19(24)20(25)23-16-8-6-7-15(21)18(16)22/h6-11H,4-5H2,1-3H3,(H,23,25). The second-order valence-corrected chi connectivity index (χ2v) is 6.67. The van der Waals surface area contributed by atoms with Crippen molar-refractivity contribution in [3.05, 3.63) is 57.7 Å². The van der Waals surface area contributed by atoms with Crippen LogP contribution < -0.4 is 10.1 Å². The third-order valence-electron chi connectivity index (χ3n) is 4.33. The summed E-state index contributed by atoms with van der Waals surface area (Å²) in [5.74, 6) is 0.573. The molecule has 0 atom stereocenters. The summed E-state index contributed by atoms with van der Waals surface area (Å²) in [5, 5.41) is 4.61. The van der Waals surface area contributed by atoms with Crippen LogP contribution in [0.1, 0.15) is 29.9 Å². The molecule has 26 heavy (non-hydrogen) atoms. The molecule has 0 saturated carbocycles. The van der Waals surface area contributed by atoms with Crippen molar-refractivity contribution >= 4 is 45.7 Å². The predicted molar refractivity (Wildman–Crippen MR) is 108 cm³/mol. The van der Waals surface area contributed by atoms with Crippen LogP contribution in [0.4, 0.5) is 5.69 Å². The van der Waals surface area contributed by atoms with Gasteiger partial charge >= 0.3 is 0 Å². The molecule has 0 saturated heterocycles. The van der Waals surface area contributed by atoms with Gasteiger partial charge in [0.1, 0.15) is 11.4 Å². The number of rotatable bonds is 5. The summed E-state index contributed by atoms with van der Waals surface area (Å²) < 4.78 is 7.59. The van der Waals surface area contributed by atoms with Crippen molar-refractivity contribution < 1.29 is 9.53 Å². The van der Waals surface area contributed by atoms with Gasteiger partial charge in [-0.25, -0.2) is 0 Å². The SMILES string of the molecule is CCOc1ccc2c(c1)c(C)c(C(=O)Nc1cccc(Cl)c1Cl)n2CC. The molecule has 1 amide bonds. The van der Waals surface area contributed by atoms with Crippen molar-refractivity contribution in [1.29, 1.82) is 0 Å². The molecule has 3 rings (SSSR count). The maximum absolute atomic E-state index is 13.0. The van der Waals surface area contributed by atoms with Crippen LogP contribution in [-0.2, 0) is 6.54 Å². The summed E-state index contributed by atoms with van der Waals surface area (Å²) in [6, 6.07) is 11.0. The van der Waals surface area contributed by atoms with Gasteiger partial charge in [-0.2, -0.15) is 0 Å². The molecular weight excluding hydrogens is 371 g/mol. The van der Waals surface area contributed by atoms with E-state index in [1.165, 1.54) is 0 Å². The zero-order valence-corrected chi connectivity index (χ0v) is 16.4. The van der Waals surface area contributed by atoms with E-state index in [1.54, 1.807) is 18.2 Å². The number of carbonyl (C=O) groups is 1. The number of aromatic nitrogens is 1. The highest BCUT2D eigenvalue weighted by molar-refractivity contribution is 6.44. The molecule has 0 fully saturated rings. The summed E-state index contributed by atoms with van der Waals surface area (Å²) in [6.07, 6.45) is 0. The van der Waals surface area contributed by atoms with E-state index in [0.717, 1.165) is 22.2 Å². The molecular formula is C20H20Cl2N2O2. The summed E-state index contributed by atoms with van der Waals surface area (Å²) in [4.78, 5) is 13.0. The van der Waals surface area contributed by atoms with E-state index in [-0.39, 0.29) is 5.91 Å². The zero-order chi connectivity index (χ0) is 18.8. The maximum Gasteiger partial charge on any atom is 0.272 e. The number of carbonyl (C=O) groups excluding carboxylic acids is 1. The third-order valence-corrected chi connectivity index (χ3v) is 5.15. The van der Waals surface area contributed by atoms with Crippen molar-refractivity contribution in [3.8, 4) is 5.75 Å². The van der Waals surface area contributed by atoms with Crippen LogP contribution in [0.2, 0.25) is 10.0 Å². The number of fused-ring (bicyclic) bond motifs is 1. The largest absolute Gasteiger partial charge is 0.494 e. The van der Waals surface area contributed by atoms with E-state index >= 15 is 0 Å². The molecule has 0 aliphatic rings. The van der Waals surface area contributed by atoms with E-state index < -0.39 is 0 Å². The Bertz CT molecular complexity index is 980. The number of hydrogen-bond donors (Lipinski definition) is 1. The molecule has 2 aromatic carbocycles. The molecule has 0 spiro atoms. The molecule has 6 heteroatoms. The van der Waals surface area contributed by atoms with Gasteiger partial charge in [0.25, 0.3) is 5.91 Å². The second-order valence-electron chi connectivity index (χ2n) is 5.89. The van der Waals surface area contributed by atoms with Gasteiger partial charge < -0.3 is 14.6 Å². The number of amides is 1. The Morgan fingerprint density at radius 3 is 2.65 bits per heavy atom. The van der Waals surface area contributed by atoms with Crippen molar-refractivity contribution in [2.45, 2.75) is 27.3 Å². The summed E-state index contributed by atoms with van der Waals surface area (Å²) in [7, 11) is 0. The molecule has 136 valence electrons. The lowest BCUT2D eigenvalue weighted by molar-refractivity contribution is 0.101. The number of benzene rings is 2. The molecule has 0 radical (unpaired) electrons. The van der Waals surface area contributed by atoms with Crippen LogP contribution in [0.3, 0.4) is 0 Å². The van der Waals surface area contributed by atoms with Crippen molar-refractivity contribution in [1.82, 2.24) is 4.57 Å². The van der Waals surface area contributed by atoms with E-state index in [4.69, 9.17) is 27.9 Å². The maximum atomic E-state index is 13.0. The Morgan fingerprint density at radius 2 is 1.96 bits per heavy atom. The number of ether oxygens (including phenoxy) is 1. The Balaban J connectivity index is 2.07. The summed E-state index contributed by atoms with van der Waals surface area (Å²) in [6.45, 7) is 7.17. The van der Waals surface area contributed by atoms with Crippen LogP contribution in [0, 0.1) is 6.92 Å². The van der Waals surface area contributed by atoms with Crippen LogP contribution in [0.25, 0.3) is 10.9 Å². The molecule has 1 N–H and O–H groups in total. The molecule has 0 aliphatic heterocycles. The highest BCUT2D eigenvalue weighted by atomic mass is 35.5. The lowest BCUT2D eigenvalue weighted by Gasteiger charge is -2.11. The lowest BCUT2D eigenvalue weighted by atomic mass is 10.1. The normalized spacial score (nSPS) is 11.0. The fourth-order valence-electron chi connectivity index (χ4n) is 3.16. The van der Waals surface area contributed by atoms with E-state index in [0.29, 0.717) is 34.6 Å². The average Bonchev–Trinajstić information content (AvgIpc) is 2.91. The molecule has 0 unspecified atom stereocenters. The molecule has 3 aromatic rings. The number of anilines is 1. The van der Waals surface area contributed by atoms with E-state index in [9.17, 15) is 4.79 Å². The first-order valence-electron chi connectivity index (χ1n) is 8.48. The van der Waals surface area contributed by atoms with Crippen LogP contribution >= 0.6 is 23.2 Å². The number of halogens is 2. The fourth-order valence-corrected chi connectivity index (χ4v) is 3.51. The average molecular weight is 391 g/mol. The first-order valence-corrected chi connectivity index (χ1v) is 9.24. The van der Waals surface area contributed by atoms with Gasteiger partial charge in [-0.15, -0.1) is 0 Å². The Labute approximate surface area is 162 Å². The van der Waals surface area contributed by atoms with Gasteiger partial charge in [0.15, 0.2) is 0 Å². The highest BCUT2D eigenvalue weighted by Gasteiger charge is 2.21. The Morgan fingerprint density at radius 1 is 1.19 bits per heavy atom. The van der Waals surface area contributed by atoms with E-state index in [2.05, 4.69) is 5.32 Å². The van der Waals surface area contributed by atoms with Crippen LogP contribution in [-0.4, -0.2) is 17.1 Å². The molecule has 1 heterocycles. The first kappa shape index (κ1) is 18.6. The number of nitrogens with one attached hydrogen (secondary N) is 1. The topological polar surface area (TPSA) is 43.3 Å². The summed E-state index contributed by atoms with van der Waals surface area (Å²) >= 11 is 12.2. The lowest BCUT2D eigenvalue weighted by Crippen LogP contribution is -2.18.